The fraction of sp³-hybridized carbons (Fsp3) is 0.938. The van der Waals surface area contributed by atoms with Crippen LogP contribution >= 0.6 is 24.8 Å². The molecule has 0 amide bonds. The number of aliphatic imine (C=N–C) groups is 1. The summed E-state index contributed by atoms with van der Waals surface area (Å²) in [6.45, 7) is 8.85. The molecule has 0 radical (unpaired) electrons. The molecule has 2 aliphatic heterocycles. The Kier molecular flexibility index (Phi) is 7.80. The molecule has 4 aliphatic rings. The van der Waals surface area contributed by atoms with Gasteiger partial charge in [0.15, 0.2) is 0 Å². The van der Waals surface area contributed by atoms with Crippen molar-refractivity contribution in [1.82, 2.24) is 10.2 Å². The van der Waals surface area contributed by atoms with Crippen LogP contribution in [0.2, 0.25) is 0 Å². The minimum absolute atomic E-state index is 0. The first-order valence-electron chi connectivity index (χ1n) is 8.31. The number of hydrogen-bond donors (Lipinski definition) is 1. The number of rotatable bonds is 5. The maximum atomic E-state index is 4.94. The summed E-state index contributed by atoms with van der Waals surface area (Å²) in [5.41, 5.74) is 0. The Morgan fingerprint density at radius 2 is 1.62 bits per heavy atom. The number of nitrogens with one attached hydrogen (secondary N) is 1. The second-order valence-electron chi connectivity index (χ2n) is 6.74. The highest BCUT2D eigenvalue weighted by Crippen LogP contribution is 2.45. The lowest BCUT2D eigenvalue weighted by Gasteiger charge is -2.37. The maximum absolute atomic E-state index is 4.94. The van der Waals surface area contributed by atoms with Crippen LogP contribution in [0.5, 0.6) is 0 Å². The molecule has 2 unspecified atom stereocenters. The van der Waals surface area contributed by atoms with Gasteiger partial charge in [0.25, 0.3) is 0 Å². The van der Waals surface area contributed by atoms with Crippen LogP contribution in [0.1, 0.15) is 46.0 Å². The molecule has 2 saturated heterocycles. The van der Waals surface area contributed by atoms with Crippen molar-refractivity contribution in [3.63, 3.8) is 0 Å². The van der Waals surface area contributed by atoms with Crippen LogP contribution in [-0.2, 0) is 0 Å². The molecule has 4 rings (SSSR count). The fourth-order valence-electron chi connectivity index (χ4n) is 4.55. The molecule has 124 valence electrons. The van der Waals surface area contributed by atoms with E-state index in [9.17, 15) is 0 Å². The molecule has 0 spiro atoms. The van der Waals surface area contributed by atoms with Gasteiger partial charge in [-0.2, -0.15) is 0 Å². The van der Waals surface area contributed by atoms with E-state index in [-0.39, 0.29) is 24.8 Å². The molecule has 0 aromatic carbocycles. The summed E-state index contributed by atoms with van der Waals surface area (Å²) in [6.07, 6.45) is 7.12. The summed E-state index contributed by atoms with van der Waals surface area (Å²) in [6, 6.07) is 0.739. The van der Waals surface area contributed by atoms with Gasteiger partial charge < -0.3 is 10.2 Å². The average Bonchev–Trinajstić information content (AvgIpc) is 2.59. The first-order chi connectivity index (χ1) is 9.28. The van der Waals surface area contributed by atoms with Crippen LogP contribution in [0.3, 0.4) is 0 Å². The number of likely N-dealkylation sites (N-methyl/N-ethyl adjacent to an activating group) is 1. The van der Waals surface area contributed by atoms with Crippen LogP contribution in [0, 0.1) is 17.8 Å². The predicted molar refractivity (Wildman–Crippen MR) is 95.1 cm³/mol. The molecule has 5 heteroatoms. The lowest BCUT2D eigenvalue weighted by atomic mass is 9.68. The van der Waals surface area contributed by atoms with Crippen LogP contribution < -0.4 is 5.32 Å². The molecule has 2 heterocycles. The third-order valence-electron chi connectivity index (χ3n) is 5.47. The summed E-state index contributed by atoms with van der Waals surface area (Å²) in [5, 5.41) is 3.78. The monoisotopic (exact) mass is 335 g/mol. The molecule has 3 nitrogen and oxygen atoms in total. The van der Waals surface area contributed by atoms with Gasteiger partial charge in [-0.1, -0.05) is 13.8 Å². The van der Waals surface area contributed by atoms with Gasteiger partial charge in [-0.3, -0.25) is 4.99 Å². The van der Waals surface area contributed by atoms with Gasteiger partial charge in [-0.15, -0.1) is 24.8 Å². The normalized spacial score (nSPS) is 35.1. The van der Waals surface area contributed by atoms with E-state index in [1.165, 1.54) is 37.9 Å². The van der Waals surface area contributed by atoms with E-state index in [4.69, 9.17) is 4.99 Å². The third-order valence-corrected chi connectivity index (χ3v) is 5.47. The SMILES string of the molecule is CCN(CC)CCN=C1NC2CC3CC(C2)CC1C3.Cl.Cl. The molecule has 2 saturated carbocycles. The highest BCUT2D eigenvalue weighted by Gasteiger charge is 2.41. The number of fused-ring (bicyclic) bond motifs is 1. The molecular weight excluding hydrogens is 305 g/mol. The van der Waals surface area contributed by atoms with Gasteiger partial charge in [0.05, 0.1) is 12.4 Å². The Morgan fingerprint density at radius 1 is 1.00 bits per heavy atom. The average molecular weight is 336 g/mol. The lowest BCUT2D eigenvalue weighted by molar-refractivity contribution is 0.162. The first-order valence-corrected chi connectivity index (χ1v) is 8.31. The second-order valence-corrected chi connectivity index (χ2v) is 6.74. The van der Waals surface area contributed by atoms with Crippen molar-refractivity contribution in [2.45, 2.75) is 52.0 Å². The van der Waals surface area contributed by atoms with Crippen molar-refractivity contribution >= 4 is 30.6 Å². The van der Waals surface area contributed by atoms with Gasteiger partial charge in [-0.25, -0.2) is 0 Å². The zero-order valence-corrected chi connectivity index (χ0v) is 15.0. The predicted octanol–water partition coefficient (Wildman–Crippen LogP) is 3.37. The van der Waals surface area contributed by atoms with Crippen molar-refractivity contribution in [3.05, 3.63) is 0 Å². The third kappa shape index (κ3) is 4.49. The standard InChI is InChI=1S/C16H29N3.2ClH/c1-3-19(4-2)6-5-17-16-14-8-12-7-13(9-14)11-15(10-12)18-16;;/h12-15H,3-11H2,1-2H3,(H,17,18);2*1H. The summed E-state index contributed by atoms with van der Waals surface area (Å²) in [4.78, 5) is 7.40. The number of nitrogens with zero attached hydrogens (tertiary/aromatic N) is 2. The summed E-state index contributed by atoms with van der Waals surface area (Å²) in [7, 11) is 0. The Labute approximate surface area is 142 Å². The van der Waals surface area contributed by atoms with Crippen molar-refractivity contribution in [3.8, 4) is 0 Å². The molecule has 2 aliphatic carbocycles. The second kappa shape index (κ2) is 8.59. The molecular formula is C16H31Cl2N3. The van der Waals surface area contributed by atoms with E-state index in [0.717, 1.165) is 50.0 Å². The molecule has 21 heavy (non-hydrogen) atoms. The summed E-state index contributed by atoms with van der Waals surface area (Å²) < 4.78 is 0. The van der Waals surface area contributed by atoms with Crippen LogP contribution in [0.4, 0.5) is 0 Å². The zero-order chi connectivity index (χ0) is 13.2. The Bertz CT molecular complexity index is 330. The van der Waals surface area contributed by atoms with Gasteiger partial charge >= 0.3 is 0 Å². The van der Waals surface area contributed by atoms with E-state index < -0.39 is 0 Å². The van der Waals surface area contributed by atoms with E-state index in [1.807, 2.05) is 0 Å². The topological polar surface area (TPSA) is 27.6 Å². The number of hydrogen-bond acceptors (Lipinski definition) is 2. The fourth-order valence-corrected chi connectivity index (χ4v) is 4.55. The molecule has 1 N–H and O–H groups in total. The highest BCUT2D eigenvalue weighted by atomic mass is 35.5. The Hall–Kier alpha value is 0.01000. The van der Waals surface area contributed by atoms with E-state index >= 15 is 0 Å². The quantitative estimate of drug-likeness (QED) is 0.834. The van der Waals surface area contributed by atoms with Crippen LogP contribution in [0.15, 0.2) is 4.99 Å². The largest absolute Gasteiger partial charge is 0.371 e. The van der Waals surface area contributed by atoms with E-state index in [0.29, 0.717) is 0 Å². The number of halogens is 2. The minimum Gasteiger partial charge on any atom is -0.371 e. The molecule has 0 aromatic heterocycles. The summed E-state index contributed by atoms with van der Waals surface area (Å²) >= 11 is 0. The minimum atomic E-state index is 0. The van der Waals surface area contributed by atoms with Crippen LogP contribution in [-0.4, -0.2) is 43.0 Å². The maximum Gasteiger partial charge on any atom is 0.0997 e. The molecule has 4 bridgehead atoms. The smallest absolute Gasteiger partial charge is 0.0997 e. The molecule has 0 aromatic rings. The van der Waals surface area contributed by atoms with Crippen molar-refractivity contribution in [2.24, 2.45) is 22.7 Å². The molecule has 4 fully saturated rings. The van der Waals surface area contributed by atoms with Gasteiger partial charge in [0, 0.05) is 18.5 Å². The Morgan fingerprint density at radius 3 is 2.19 bits per heavy atom. The van der Waals surface area contributed by atoms with Crippen molar-refractivity contribution in [2.75, 3.05) is 26.2 Å². The molecule has 2 atom stereocenters. The van der Waals surface area contributed by atoms with Crippen molar-refractivity contribution < 1.29 is 0 Å². The lowest BCUT2D eigenvalue weighted by Crippen LogP contribution is -2.36. The van der Waals surface area contributed by atoms with Crippen LogP contribution in [0.25, 0.3) is 0 Å². The number of amidine groups is 1. The Balaban J connectivity index is 0.00000110. The van der Waals surface area contributed by atoms with E-state index in [1.54, 1.807) is 0 Å². The van der Waals surface area contributed by atoms with E-state index in [2.05, 4.69) is 24.1 Å². The first kappa shape index (κ1) is 19.1. The highest BCUT2D eigenvalue weighted by molar-refractivity contribution is 5.86. The van der Waals surface area contributed by atoms with Gasteiger partial charge in [-0.05, 0) is 57.0 Å². The summed E-state index contributed by atoms with van der Waals surface area (Å²) in [5.74, 6) is 4.10. The van der Waals surface area contributed by atoms with Gasteiger partial charge in [0.2, 0.25) is 0 Å². The zero-order valence-electron chi connectivity index (χ0n) is 13.4. The van der Waals surface area contributed by atoms with Gasteiger partial charge in [0.1, 0.15) is 0 Å². The van der Waals surface area contributed by atoms with Crippen molar-refractivity contribution in [1.29, 1.82) is 0 Å².